The molecule has 1 saturated heterocycles. The van der Waals surface area contributed by atoms with E-state index in [9.17, 15) is 13.2 Å². The Balaban J connectivity index is 2.11. The van der Waals surface area contributed by atoms with Crippen LogP contribution in [0.15, 0.2) is 4.52 Å². The zero-order valence-corrected chi connectivity index (χ0v) is 12.7. The van der Waals surface area contributed by atoms with Crippen LogP contribution in [-0.4, -0.2) is 49.8 Å². The first-order valence-electron chi connectivity index (χ1n) is 6.47. The third kappa shape index (κ3) is 3.37. The second kappa shape index (κ2) is 5.53. The van der Waals surface area contributed by atoms with Crippen LogP contribution in [0, 0.1) is 13.8 Å². The van der Waals surface area contributed by atoms with Crippen LogP contribution in [0.3, 0.4) is 0 Å². The lowest BCUT2D eigenvalue weighted by molar-refractivity contribution is 0.0700. The quantitative estimate of drug-likeness (QED) is 0.875. The molecule has 8 heteroatoms. The van der Waals surface area contributed by atoms with Gasteiger partial charge in [-0.1, -0.05) is 5.16 Å². The lowest BCUT2D eigenvalue weighted by Crippen LogP contribution is -2.49. The van der Waals surface area contributed by atoms with E-state index in [2.05, 4.69) is 9.88 Å². The van der Waals surface area contributed by atoms with E-state index in [0.717, 1.165) is 19.1 Å². The predicted molar refractivity (Wildman–Crippen MR) is 72.9 cm³/mol. The van der Waals surface area contributed by atoms with E-state index >= 15 is 0 Å². The lowest BCUT2D eigenvalue weighted by atomic mass is 10.0. The largest absolute Gasteiger partial charge is 0.361 e. The molecule has 0 spiro atoms. The molecule has 1 aromatic heterocycles. The van der Waals surface area contributed by atoms with Crippen LogP contribution in [-0.2, 0) is 10.0 Å². The number of sulfonamides is 1. The third-order valence-electron chi connectivity index (χ3n) is 3.34. The Labute approximate surface area is 118 Å². The predicted octanol–water partition coefficient (Wildman–Crippen LogP) is 0.445. The zero-order chi connectivity index (χ0) is 14.9. The number of hydrogen-bond donors (Lipinski definition) is 1. The number of rotatable bonds is 3. The molecule has 1 aliphatic rings. The molecule has 1 N–H and O–H groups in total. The molecule has 0 radical (unpaired) electrons. The van der Waals surface area contributed by atoms with Gasteiger partial charge in [-0.2, -0.15) is 0 Å². The van der Waals surface area contributed by atoms with Crippen molar-refractivity contribution < 1.29 is 17.7 Å². The minimum atomic E-state index is -3.26. The molecule has 2 rings (SSSR count). The van der Waals surface area contributed by atoms with Gasteiger partial charge in [0.15, 0.2) is 0 Å². The molecule has 1 amide bonds. The van der Waals surface area contributed by atoms with Crippen LogP contribution in [0.2, 0.25) is 0 Å². The summed E-state index contributed by atoms with van der Waals surface area (Å²) in [6.07, 6.45) is 2.63. The van der Waals surface area contributed by atoms with Crippen molar-refractivity contribution in [2.75, 3.05) is 19.3 Å². The maximum atomic E-state index is 12.5. The average Bonchev–Trinajstić information content (AvgIpc) is 2.66. The molecule has 112 valence electrons. The van der Waals surface area contributed by atoms with Crippen LogP contribution < -0.4 is 4.72 Å². The van der Waals surface area contributed by atoms with Crippen molar-refractivity contribution in [3.63, 3.8) is 0 Å². The first-order valence-corrected chi connectivity index (χ1v) is 8.36. The van der Waals surface area contributed by atoms with E-state index in [1.165, 1.54) is 0 Å². The van der Waals surface area contributed by atoms with E-state index in [4.69, 9.17) is 4.52 Å². The number of aromatic nitrogens is 1. The summed E-state index contributed by atoms with van der Waals surface area (Å²) in [5, 5.41) is 3.78. The second-order valence-corrected chi connectivity index (χ2v) is 6.96. The molecule has 1 unspecified atom stereocenters. The number of carbonyl (C=O) groups excluding carboxylic acids is 1. The van der Waals surface area contributed by atoms with E-state index < -0.39 is 10.0 Å². The van der Waals surface area contributed by atoms with Crippen LogP contribution in [0.5, 0.6) is 0 Å². The molecule has 0 bridgehead atoms. The summed E-state index contributed by atoms with van der Waals surface area (Å²) in [5.74, 6) is 0.340. The molecular weight excluding hydrogens is 282 g/mol. The standard InChI is InChI=1S/C12H19N3O4S/c1-8-11(9(2)19-13-8)12(16)15-6-4-5-10(7-15)14-20(3,17)18/h10,14H,4-7H2,1-3H3. The number of hydrogen-bond acceptors (Lipinski definition) is 5. The zero-order valence-electron chi connectivity index (χ0n) is 11.8. The minimum Gasteiger partial charge on any atom is -0.361 e. The molecule has 0 aromatic carbocycles. The smallest absolute Gasteiger partial charge is 0.259 e. The van der Waals surface area contributed by atoms with Crippen LogP contribution >= 0.6 is 0 Å². The van der Waals surface area contributed by atoms with Crippen molar-refractivity contribution >= 4 is 15.9 Å². The highest BCUT2D eigenvalue weighted by molar-refractivity contribution is 7.88. The van der Waals surface area contributed by atoms with Crippen molar-refractivity contribution in [2.45, 2.75) is 32.7 Å². The molecule has 7 nitrogen and oxygen atoms in total. The summed E-state index contributed by atoms with van der Waals surface area (Å²) < 4.78 is 30.1. The van der Waals surface area contributed by atoms with Gasteiger partial charge in [-0.25, -0.2) is 13.1 Å². The summed E-state index contributed by atoms with van der Waals surface area (Å²) >= 11 is 0. The van der Waals surface area contributed by atoms with Crippen LogP contribution in [0.4, 0.5) is 0 Å². The van der Waals surface area contributed by atoms with E-state index in [0.29, 0.717) is 30.1 Å². The van der Waals surface area contributed by atoms with Crippen molar-refractivity contribution in [3.8, 4) is 0 Å². The maximum Gasteiger partial charge on any atom is 0.259 e. The lowest BCUT2D eigenvalue weighted by Gasteiger charge is -2.32. The van der Waals surface area contributed by atoms with Gasteiger partial charge in [0.25, 0.3) is 5.91 Å². The Hall–Kier alpha value is -1.41. The molecule has 1 aromatic rings. The van der Waals surface area contributed by atoms with Gasteiger partial charge < -0.3 is 9.42 Å². The highest BCUT2D eigenvalue weighted by Gasteiger charge is 2.29. The van der Waals surface area contributed by atoms with Gasteiger partial charge in [0.05, 0.1) is 11.9 Å². The Bertz CT molecular complexity index is 589. The number of amides is 1. The van der Waals surface area contributed by atoms with Gasteiger partial charge in [0.2, 0.25) is 10.0 Å². The molecule has 2 heterocycles. The fourth-order valence-electron chi connectivity index (χ4n) is 2.51. The number of carbonyl (C=O) groups is 1. The van der Waals surface area contributed by atoms with Crippen LogP contribution in [0.25, 0.3) is 0 Å². The number of aryl methyl sites for hydroxylation is 2. The van der Waals surface area contributed by atoms with Gasteiger partial charge >= 0.3 is 0 Å². The van der Waals surface area contributed by atoms with Crippen LogP contribution in [0.1, 0.15) is 34.7 Å². The Kier molecular flexibility index (Phi) is 4.14. The molecule has 1 aliphatic heterocycles. The topological polar surface area (TPSA) is 92.5 Å². The third-order valence-corrected chi connectivity index (χ3v) is 4.10. The highest BCUT2D eigenvalue weighted by atomic mass is 32.2. The summed E-state index contributed by atoms with van der Waals surface area (Å²) in [5.41, 5.74) is 1.04. The van der Waals surface area contributed by atoms with Crippen molar-refractivity contribution in [2.24, 2.45) is 0 Å². The Morgan fingerprint density at radius 1 is 1.45 bits per heavy atom. The highest BCUT2D eigenvalue weighted by Crippen LogP contribution is 2.19. The van der Waals surface area contributed by atoms with Gasteiger partial charge in [-0.05, 0) is 26.7 Å². The number of nitrogens with one attached hydrogen (secondary N) is 1. The van der Waals surface area contributed by atoms with Gasteiger partial charge in [0, 0.05) is 19.1 Å². The second-order valence-electron chi connectivity index (χ2n) is 5.18. The molecular formula is C12H19N3O4S. The van der Waals surface area contributed by atoms with Crippen molar-refractivity contribution in [1.29, 1.82) is 0 Å². The van der Waals surface area contributed by atoms with Crippen molar-refractivity contribution in [1.82, 2.24) is 14.8 Å². The molecule has 20 heavy (non-hydrogen) atoms. The number of piperidine rings is 1. The summed E-state index contributed by atoms with van der Waals surface area (Å²) in [7, 11) is -3.26. The molecule has 0 aliphatic carbocycles. The maximum absolute atomic E-state index is 12.5. The Morgan fingerprint density at radius 2 is 2.15 bits per heavy atom. The van der Waals surface area contributed by atoms with E-state index in [-0.39, 0.29) is 11.9 Å². The minimum absolute atomic E-state index is 0.152. The van der Waals surface area contributed by atoms with Gasteiger partial charge in [0.1, 0.15) is 11.3 Å². The van der Waals surface area contributed by atoms with Crippen molar-refractivity contribution in [3.05, 3.63) is 17.0 Å². The summed E-state index contributed by atoms with van der Waals surface area (Å²) in [4.78, 5) is 14.1. The first-order chi connectivity index (χ1) is 9.28. The van der Waals surface area contributed by atoms with E-state index in [1.54, 1.807) is 18.7 Å². The number of nitrogens with zero attached hydrogens (tertiary/aromatic N) is 2. The fraction of sp³-hybridized carbons (Fsp3) is 0.667. The fourth-order valence-corrected chi connectivity index (χ4v) is 3.30. The molecule has 1 fully saturated rings. The normalized spacial score (nSPS) is 20.1. The Morgan fingerprint density at radius 3 is 2.70 bits per heavy atom. The average molecular weight is 301 g/mol. The molecule has 0 saturated carbocycles. The van der Waals surface area contributed by atoms with Gasteiger partial charge in [-0.3, -0.25) is 4.79 Å². The van der Waals surface area contributed by atoms with Gasteiger partial charge in [-0.15, -0.1) is 0 Å². The summed E-state index contributed by atoms with van der Waals surface area (Å²) in [6.45, 7) is 4.41. The van der Waals surface area contributed by atoms with E-state index in [1.807, 2.05) is 0 Å². The first kappa shape index (κ1) is 15.0. The number of likely N-dealkylation sites (tertiary alicyclic amines) is 1. The monoisotopic (exact) mass is 301 g/mol. The summed E-state index contributed by atoms with van der Waals surface area (Å²) in [6, 6.07) is -0.233. The molecule has 1 atom stereocenters. The SMILES string of the molecule is Cc1noc(C)c1C(=O)N1CCCC(NS(C)(=O)=O)C1.